The Labute approximate surface area is 67.5 Å². The number of hydrogen-bond acceptors (Lipinski definition) is 4. The van der Waals surface area contributed by atoms with E-state index in [-0.39, 0.29) is 11.2 Å². The van der Waals surface area contributed by atoms with Crippen LogP contribution in [0.2, 0.25) is 0 Å². The van der Waals surface area contributed by atoms with Crippen LogP contribution in [-0.2, 0) is 0 Å². The van der Waals surface area contributed by atoms with Gasteiger partial charge in [0.05, 0.1) is 4.92 Å². The Morgan fingerprint density at radius 2 is 2.42 bits per heavy atom. The van der Waals surface area contributed by atoms with Crippen molar-refractivity contribution >= 4 is 5.69 Å². The van der Waals surface area contributed by atoms with E-state index in [9.17, 15) is 10.1 Å². The van der Waals surface area contributed by atoms with Crippen LogP contribution < -0.4 is 5.49 Å². The molecule has 64 valence electrons. The van der Waals surface area contributed by atoms with Gasteiger partial charge >= 0.3 is 5.69 Å². The summed E-state index contributed by atoms with van der Waals surface area (Å²) < 4.78 is 0.609. The average molecular weight is 169 g/mol. The van der Waals surface area contributed by atoms with Gasteiger partial charge in [-0.2, -0.15) is 4.73 Å². The van der Waals surface area contributed by atoms with Crippen LogP contribution >= 0.6 is 0 Å². The van der Waals surface area contributed by atoms with Gasteiger partial charge in [-0.3, -0.25) is 15.1 Å². The predicted octanol–water partition coefficient (Wildman–Crippen LogP) is 0.164. The highest BCUT2D eigenvalue weighted by Crippen LogP contribution is 2.00. The number of pyridine rings is 1. The van der Waals surface area contributed by atoms with Gasteiger partial charge in [0.2, 0.25) is 5.49 Å². The lowest BCUT2D eigenvalue weighted by atomic mass is 10.4. The summed E-state index contributed by atoms with van der Waals surface area (Å²) in [4.78, 5) is 13.3. The smallest absolute Gasteiger partial charge is 0.314 e. The maximum Gasteiger partial charge on any atom is 0.314 e. The molecule has 0 bridgehead atoms. The second-order valence-corrected chi connectivity index (χ2v) is 2.04. The number of aromatic nitrogens is 1. The molecule has 1 N–H and O–H groups in total. The topological polar surface area (TPSA) is 80.7 Å². The highest BCUT2D eigenvalue weighted by atomic mass is 16.6. The normalized spacial score (nSPS) is 11.6. The van der Waals surface area contributed by atoms with E-state index in [1.54, 1.807) is 0 Å². The molecular weight excluding hydrogens is 162 g/mol. The fourth-order valence-corrected chi connectivity index (χ4v) is 0.838. The van der Waals surface area contributed by atoms with Crippen molar-refractivity contribution in [1.29, 1.82) is 0 Å². The molecule has 0 aliphatic rings. The molecule has 1 rings (SSSR count). The van der Waals surface area contributed by atoms with Gasteiger partial charge in [0.25, 0.3) is 0 Å². The lowest BCUT2D eigenvalue weighted by molar-refractivity contribution is -0.387. The van der Waals surface area contributed by atoms with Crippen molar-refractivity contribution in [2.75, 3.05) is 7.05 Å². The van der Waals surface area contributed by atoms with Gasteiger partial charge in [0.1, 0.15) is 0 Å². The van der Waals surface area contributed by atoms with E-state index in [1.165, 1.54) is 25.4 Å². The molecule has 1 aromatic heterocycles. The molecule has 6 nitrogen and oxygen atoms in total. The first-order valence-electron chi connectivity index (χ1n) is 3.15. The third-order valence-corrected chi connectivity index (χ3v) is 1.34. The Hall–Kier alpha value is -1.85. The summed E-state index contributed by atoms with van der Waals surface area (Å²) in [5.74, 6) is 0. The summed E-state index contributed by atoms with van der Waals surface area (Å²) in [7, 11) is 1.37. The fourth-order valence-electron chi connectivity index (χ4n) is 0.838. The summed E-state index contributed by atoms with van der Waals surface area (Å²) in [5.41, 5.74) is -0.287. The van der Waals surface area contributed by atoms with E-state index >= 15 is 0 Å². The van der Waals surface area contributed by atoms with Crippen LogP contribution in [0.4, 0.5) is 5.69 Å². The summed E-state index contributed by atoms with van der Waals surface area (Å²) in [6.07, 6.45) is 1.27. The van der Waals surface area contributed by atoms with Crippen molar-refractivity contribution in [1.82, 2.24) is 4.73 Å². The Bertz CT molecular complexity index is 369. The zero-order valence-electron chi connectivity index (χ0n) is 6.34. The number of hydrogen-bond donors (Lipinski definition) is 1. The second kappa shape index (κ2) is 3.04. The van der Waals surface area contributed by atoms with Gasteiger partial charge in [0, 0.05) is 19.3 Å². The molecule has 0 fully saturated rings. The number of rotatable bonds is 1. The molecule has 1 aromatic rings. The van der Waals surface area contributed by atoms with Crippen LogP contribution in [0.1, 0.15) is 0 Å². The minimum absolute atomic E-state index is 0.0671. The van der Waals surface area contributed by atoms with Gasteiger partial charge in [-0.25, -0.2) is 0 Å². The van der Waals surface area contributed by atoms with Crippen molar-refractivity contribution in [3.63, 3.8) is 0 Å². The molecule has 12 heavy (non-hydrogen) atoms. The van der Waals surface area contributed by atoms with E-state index in [0.717, 1.165) is 0 Å². The summed E-state index contributed by atoms with van der Waals surface area (Å²) >= 11 is 0. The molecule has 1 heterocycles. The Balaban J connectivity index is 3.50. The Morgan fingerprint density at radius 1 is 1.75 bits per heavy atom. The van der Waals surface area contributed by atoms with E-state index in [4.69, 9.17) is 5.21 Å². The molecule has 0 saturated carbocycles. The van der Waals surface area contributed by atoms with Crippen molar-refractivity contribution in [3.8, 4) is 0 Å². The lowest BCUT2D eigenvalue weighted by Gasteiger charge is -1.96. The molecule has 0 spiro atoms. The van der Waals surface area contributed by atoms with Gasteiger partial charge in [-0.1, -0.05) is 0 Å². The maximum absolute atomic E-state index is 10.4. The fraction of sp³-hybridized carbons (Fsp3) is 0.167. The first kappa shape index (κ1) is 8.25. The number of nitrogens with zero attached hydrogens (tertiary/aromatic N) is 3. The van der Waals surface area contributed by atoms with Crippen molar-refractivity contribution in [2.24, 2.45) is 4.99 Å². The SMILES string of the molecule is CN=c1c([N+](=O)[O-])cccn1O. The van der Waals surface area contributed by atoms with Crippen LogP contribution in [0.5, 0.6) is 0 Å². The molecule has 0 aromatic carbocycles. The molecule has 0 unspecified atom stereocenters. The monoisotopic (exact) mass is 169 g/mol. The summed E-state index contributed by atoms with van der Waals surface area (Å²) in [6, 6.07) is 2.64. The first-order chi connectivity index (χ1) is 5.66. The van der Waals surface area contributed by atoms with Crippen molar-refractivity contribution in [2.45, 2.75) is 0 Å². The minimum Gasteiger partial charge on any atom is -0.427 e. The summed E-state index contributed by atoms with van der Waals surface area (Å²) in [5, 5.41) is 19.4. The van der Waals surface area contributed by atoms with Gasteiger partial charge in [-0.15, -0.1) is 0 Å². The lowest BCUT2D eigenvalue weighted by Crippen LogP contribution is -2.21. The molecule has 6 heteroatoms. The Kier molecular flexibility index (Phi) is 2.09. The molecule has 0 radical (unpaired) electrons. The van der Waals surface area contributed by atoms with Crippen LogP contribution in [0.15, 0.2) is 23.3 Å². The van der Waals surface area contributed by atoms with E-state index in [2.05, 4.69) is 4.99 Å². The Morgan fingerprint density at radius 3 is 2.83 bits per heavy atom. The van der Waals surface area contributed by atoms with Crippen molar-refractivity contribution < 1.29 is 10.1 Å². The van der Waals surface area contributed by atoms with Crippen LogP contribution in [-0.4, -0.2) is 21.9 Å². The third kappa shape index (κ3) is 1.26. The van der Waals surface area contributed by atoms with Gasteiger partial charge < -0.3 is 5.21 Å². The molecule has 0 aliphatic heterocycles. The van der Waals surface area contributed by atoms with Crippen LogP contribution in [0, 0.1) is 10.1 Å². The molecule has 0 amide bonds. The van der Waals surface area contributed by atoms with Gasteiger partial charge in [0.15, 0.2) is 0 Å². The summed E-state index contributed by atoms with van der Waals surface area (Å²) in [6.45, 7) is 0. The zero-order valence-corrected chi connectivity index (χ0v) is 6.34. The molecule has 0 atom stereocenters. The number of nitro groups is 1. The highest BCUT2D eigenvalue weighted by Gasteiger charge is 2.09. The quantitative estimate of drug-likeness (QED) is 0.369. The highest BCUT2D eigenvalue weighted by molar-refractivity contribution is 5.23. The minimum atomic E-state index is -0.602. The second-order valence-electron chi connectivity index (χ2n) is 2.04. The zero-order chi connectivity index (χ0) is 9.14. The standard InChI is InChI=1S/C6H7N3O3/c1-7-6-5(9(11)12)3-2-4-8(6)10/h2-4,10H,1H3. The predicted molar refractivity (Wildman–Crippen MR) is 39.8 cm³/mol. The average Bonchev–Trinajstić information content (AvgIpc) is 2.03. The van der Waals surface area contributed by atoms with Crippen LogP contribution in [0.25, 0.3) is 0 Å². The van der Waals surface area contributed by atoms with Crippen molar-refractivity contribution in [3.05, 3.63) is 33.9 Å². The third-order valence-electron chi connectivity index (χ3n) is 1.34. The maximum atomic E-state index is 10.4. The molecular formula is C6H7N3O3. The van der Waals surface area contributed by atoms with E-state index in [0.29, 0.717) is 4.73 Å². The molecule has 0 aliphatic carbocycles. The molecule has 0 saturated heterocycles. The van der Waals surface area contributed by atoms with E-state index in [1.807, 2.05) is 0 Å². The van der Waals surface area contributed by atoms with Gasteiger partial charge in [-0.05, 0) is 6.07 Å². The largest absolute Gasteiger partial charge is 0.427 e. The first-order valence-corrected chi connectivity index (χ1v) is 3.15. The van der Waals surface area contributed by atoms with Crippen LogP contribution in [0.3, 0.4) is 0 Å². The van der Waals surface area contributed by atoms with E-state index < -0.39 is 4.92 Å².